The minimum atomic E-state index is -0.940. The average Bonchev–Trinajstić information content (AvgIpc) is 2.71. The molecule has 2 aromatic carbocycles. The van der Waals surface area contributed by atoms with Gasteiger partial charge in [0.1, 0.15) is 11.4 Å². The summed E-state index contributed by atoms with van der Waals surface area (Å²) >= 11 is 0. The maximum Gasteiger partial charge on any atom is 0.269 e. The normalized spacial score (nSPS) is 10.4. The van der Waals surface area contributed by atoms with Crippen molar-refractivity contribution in [1.82, 2.24) is 10.3 Å². The fourth-order valence-corrected chi connectivity index (χ4v) is 2.58. The smallest absolute Gasteiger partial charge is 0.269 e. The van der Waals surface area contributed by atoms with Crippen molar-refractivity contribution < 1.29 is 18.3 Å². The van der Waals surface area contributed by atoms with Crippen LogP contribution < -0.4 is 15.4 Å². The van der Waals surface area contributed by atoms with E-state index < -0.39 is 11.6 Å². The van der Waals surface area contributed by atoms with Gasteiger partial charge < -0.3 is 15.4 Å². The third-order valence-electron chi connectivity index (χ3n) is 4.04. The Morgan fingerprint density at radius 1 is 1.04 bits per heavy atom. The molecule has 144 valence electrons. The van der Waals surface area contributed by atoms with Crippen molar-refractivity contribution in [3.05, 3.63) is 83.7 Å². The van der Waals surface area contributed by atoms with Crippen LogP contribution in [-0.2, 0) is 6.42 Å². The van der Waals surface area contributed by atoms with Crippen molar-refractivity contribution in [3.63, 3.8) is 0 Å². The van der Waals surface area contributed by atoms with Gasteiger partial charge in [0.2, 0.25) is 0 Å². The molecule has 0 saturated carbocycles. The molecule has 1 aromatic heterocycles. The Kier molecular flexibility index (Phi) is 6.16. The number of rotatable bonds is 7. The first kappa shape index (κ1) is 19.3. The highest BCUT2D eigenvalue weighted by molar-refractivity contribution is 5.92. The molecule has 3 rings (SSSR count). The van der Waals surface area contributed by atoms with Crippen LogP contribution in [0.1, 0.15) is 16.1 Å². The molecule has 0 fully saturated rings. The Morgan fingerprint density at radius 2 is 1.86 bits per heavy atom. The van der Waals surface area contributed by atoms with Gasteiger partial charge in [-0.2, -0.15) is 0 Å². The minimum absolute atomic E-state index is 0.265. The van der Waals surface area contributed by atoms with Crippen molar-refractivity contribution in [2.45, 2.75) is 6.42 Å². The second kappa shape index (κ2) is 8.94. The first-order valence-electron chi connectivity index (χ1n) is 8.64. The molecule has 28 heavy (non-hydrogen) atoms. The van der Waals surface area contributed by atoms with Crippen molar-refractivity contribution in [2.24, 2.45) is 0 Å². The van der Waals surface area contributed by atoms with E-state index in [-0.39, 0.29) is 11.6 Å². The van der Waals surface area contributed by atoms with Gasteiger partial charge in [-0.1, -0.05) is 12.1 Å². The van der Waals surface area contributed by atoms with Gasteiger partial charge in [-0.3, -0.25) is 4.79 Å². The van der Waals surface area contributed by atoms with Crippen molar-refractivity contribution >= 4 is 17.3 Å². The fraction of sp³-hybridized carbons (Fsp3) is 0.143. The first-order chi connectivity index (χ1) is 13.5. The predicted molar refractivity (Wildman–Crippen MR) is 103 cm³/mol. The van der Waals surface area contributed by atoms with Crippen LogP contribution in [0, 0.1) is 11.6 Å². The Morgan fingerprint density at radius 3 is 2.57 bits per heavy atom. The molecule has 0 aliphatic rings. The van der Waals surface area contributed by atoms with Crippen LogP contribution >= 0.6 is 0 Å². The largest absolute Gasteiger partial charge is 0.497 e. The minimum Gasteiger partial charge on any atom is -0.497 e. The lowest BCUT2D eigenvalue weighted by atomic mass is 10.1. The van der Waals surface area contributed by atoms with Crippen LogP contribution in [0.2, 0.25) is 0 Å². The molecule has 7 heteroatoms. The van der Waals surface area contributed by atoms with E-state index in [1.165, 1.54) is 12.3 Å². The zero-order valence-electron chi connectivity index (χ0n) is 15.2. The zero-order chi connectivity index (χ0) is 19.9. The van der Waals surface area contributed by atoms with E-state index in [4.69, 9.17) is 4.74 Å². The number of halogens is 2. The summed E-state index contributed by atoms with van der Waals surface area (Å²) in [6.07, 6.45) is 2.12. The summed E-state index contributed by atoms with van der Waals surface area (Å²) < 4.78 is 31.4. The molecule has 3 aromatic rings. The first-order valence-corrected chi connectivity index (χ1v) is 8.64. The lowest BCUT2D eigenvalue weighted by molar-refractivity contribution is 0.0949. The van der Waals surface area contributed by atoms with Crippen molar-refractivity contribution in [3.8, 4) is 5.75 Å². The second-order valence-electron chi connectivity index (χ2n) is 6.04. The van der Waals surface area contributed by atoms with Gasteiger partial charge in [0, 0.05) is 18.3 Å². The highest BCUT2D eigenvalue weighted by atomic mass is 19.2. The fourth-order valence-electron chi connectivity index (χ4n) is 2.58. The van der Waals surface area contributed by atoms with Gasteiger partial charge in [0.25, 0.3) is 5.91 Å². The number of aromatic nitrogens is 1. The molecule has 0 atom stereocenters. The molecule has 0 spiro atoms. The monoisotopic (exact) mass is 383 g/mol. The van der Waals surface area contributed by atoms with Gasteiger partial charge >= 0.3 is 0 Å². The number of hydrogen-bond acceptors (Lipinski definition) is 4. The van der Waals surface area contributed by atoms with Gasteiger partial charge in [-0.15, -0.1) is 0 Å². The van der Waals surface area contributed by atoms with Gasteiger partial charge in [0.15, 0.2) is 11.6 Å². The number of pyridine rings is 1. The molecular formula is C21H19F2N3O2. The Hall–Kier alpha value is -3.48. The molecule has 0 aliphatic heterocycles. The number of benzene rings is 2. The molecule has 1 amide bonds. The number of carbonyl (C=O) groups is 1. The van der Waals surface area contributed by atoms with Crippen LogP contribution in [0.15, 0.2) is 60.8 Å². The van der Waals surface area contributed by atoms with Crippen LogP contribution in [-0.4, -0.2) is 24.5 Å². The van der Waals surface area contributed by atoms with E-state index in [0.717, 1.165) is 23.4 Å². The average molecular weight is 383 g/mol. The molecular weight excluding hydrogens is 364 g/mol. The maximum atomic E-state index is 13.2. The number of hydrogen-bond donors (Lipinski definition) is 2. The number of anilines is 2. The van der Waals surface area contributed by atoms with Gasteiger partial charge in [-0.25, -0.2) is 13.8 Å². The van der Waals surface area contributed by atoms with E-state index in [1.807, 2.05) is 24.3 Å². The topological polar surface area (TPSA) is 63.2 Å². The molecule has 1 heterocycles. The van der Waals surface area contributed by atoms with Crippen molar-refractivity contribution in [2.75, 3.05) is 19.0 Å². The van der Waals surface area contributed by atoms with Crippen molar-refractivity contribution in [1.29, 1.82) is 0 Å². The summed E-state index contributed by atoms with van der Waals surface area (Å²) in [6, 6.07) is 14.3. The third kappa shape index (κ3) is 5.03. The molecule has 5 nitrogen and oxygen atoms in total. The Bertz CT molecular complexity index is 962. The van der Waals surface area contributed by atoms with Crippen LogP contribution in [0.5, 0.6) is 5.75 Å². The number of nitrogens with one attached hydrogen (secondary N) is 2. The van der Waals surface area contributed by atoms with E-state index in [0.29, 0.717) is 24.3 Å². The van der Waals surface area contributed by atoms with Crippen LogP contribution in [0.3, 0.4) is 0 Å². The lowest BCUT2D eigenvalue weighted by Gasteiger charge is -2.08. The molecule has 0 bridgehead atoms. The molecule has 0 aliphatic carbocycles. The van der Waals surface area contributed by atoms with Crippen LogP contribution in [0.4, 0.5) is 20.2 Å². The highest BCUT2D eigenvalue weighted by Crippen LogP contribution is 2.18. The summed E-state index contributed by atoms with van der Waals surface area (Å²) in [5.74, 6) is -1.37. The van der Waals surface area contributed by atoms with Gasteiger partial charge in [0.05, 0.1) is 19.0 Å². The third-order valence-corrected chi connectivity index (χ3v) is 4.04. The SMILES string of the molecule is COc1cccc(CCNC(=O)c2ccc(Nc3ccc(F)c(F)c3)cn2)c1. The number of carbonyl (C=O) groups excluding carboxylic acids is 1. The summed E-state index contributed by atoms with van der Waals surface area (Å²) in [5, 5.41) is 5.71. The van der Waals surface area contributed by atoms with E-state index in [9.17, 15) is 13.6 Å². The lowest BCUT2D eigenvalue weighted by Crippen LogP contribution is -2.26. The summed E-state index contributed by atoms with van der Waals surface area (Å²) in [7, 11) is 1.61. The van der Waals surface area contributed by atoms with E-state index in [2.05, 4.69) is 15.6 Å². The maximum absolute atomic E-state index is 13.2. The number of methoxy groups -OCH3 is 1. The Labute approximate surface area is 161 Å². The summed E-state index contributed by atoms with van der Waals surface area (Å²) in [6.45, 7) is 0.461. The number of ether oxygens (including phenoxy) is 1. The standard InChI is InChI=1S/C21H19F2N3O2/c1-28-17-4-2-3-14(11-17)9-10-24-21(27)20-8-6-16(13-25-20)26-15-5-7-18(22)19(23)12-15/h2-8,11-13,26H,9-10H2,1H3,(H,24,27). The second-order valence-corrected chi connectivity index (χ2v) is 6.04. The summed E-state index contributed by atoms with van der Waals surface area (Å²) in [5.41, 5.74) is 2.26. The highest BCUT2D eigenvalue weighted by Gasteiger charge is 2.08. The van der Waals surface area contributed by atoms with Crippen LogP contribution in [0.25, 0.3) is 0 Å². The molecule has 0 unspecified atom stereocenters. The molecule has 2 N–H and O–H groups in total. The van der Waals surface area contributed by atoms with E-state index in [1.54, 1.807) is 19.2 Å². The number of amides is 1. The number of nitrogens with zero attached hydrogens (tertiary/aromatic N) is 1. The Balaban J connectivity index is 1.53. The molecule has 0 radical (unpaired) electrons. The quantitative estimate of drug-likeness (QED) is 0.645. The summed E-state index contributed by atoms with van der Waals surface area (Å²) in [4.78, 5) is 16.3. The zero-order valence-corrected chi connectivity index (χ0v) is 15.2. The predicted octanol–water partition coefficient (Wildman–Crippen LogP) is 4.08. The molecule has 0 saturated heterocycles. The van der Waals surface area contributed by atoms with E-state index >= 15 is 0 Å². The van der Waals surface area contributed by atoms with Gasteiger partial charge in [-0.05, 0) is 48.4 Å².